The molecular formula is C13H21N3O5S. The summed E-state index contributed by atoms with van der Waals surface area (Å²) in [5.41, 5.74) is -0.350. The molecule has 124 valence electrons. The fraction of sp³-hybridized carbons (Fsp3) is 0.846. The molecule has 1 amide bonds. The van der Waals surface area contributed by atoms with Crippen molar-refractivity contribution < 1.29 is 24.5 Å². The molecule has 0 spiro atoms. The van der Waals surface area contributed by atoms with Gasteiger partial charge in [0.25, 0.3) is 0 Å². The van der Waals surface area contributed by atoms with Crippen molar-refractivity contribution in [3.8, 4) is 0 Å². The Hall–Kier alpha value is -1.03. The molecule has 0 aromatic carbocycles. The molecule has 9 heteroatoms. The Kier molecular flexibility index (Phi) is 4.49. The van der Waals surface area contributed by atoms with Crippen molar-refractivity contribution in [2.45, 2.75) is 36.2 Å². The van der Waals surface area contributed by atoms with E-state index < -0.39 is 30.4 Å². The van der Waals surface area contributed by atoms with E-state index in [-0.39, 0.29) is 12.0 Å². The van der Waals surface area contributed by atoms with Crippen LogP contribution in [0.5, 0.6) is 0 Å². The van der Waals surface area contributed by atoms with Gasteiger partial charge >= 0.3 is 6.09 Å². The van der Waals surface area contributed by atoms with E-state index in [0.29, 0.717) is 0 Å². The van der Waals surface area contributed by atoms with E-state index >= 15 is 0 Å². The van der Waals surface area contributed by atoms with Crippen molar-refractivity contribution >= 4 is 23.0 Å². The normalized spacial score (nSPS) is 37.2. The minimum Gasteiger partial charge on any atom is -0.447 e. The molecule has 0 aliphatic carbocycles. The number of fused-ring (bicyclic) bond motifs is 1. The Labute approximate surface area is 133 Å². The van der Waals surface area contributed by atoms with E-state index in [4.69, 9.17) is 9.47 Å². The van der Waals surface area contributed by atoms with Gasteiger partial charge in [0.15, 0.2) is 5.17 Å². The van der Waals surface area contributed by atoms with Gasteiger partial charge in [-0.15, -0.1) is 0 Å². The number of likely N-dealkylation sites (tertiary alicyclic amines) is 1. The third kappa shape index (κ3) is 2.90. The first-order valence-electron chi connectivity index (χ1n) is 7.32. The van der Waals surface area contributed by atoms with Crippen LogP contribution in [-0.4, -0.2) is 94.9 Å². The van der Waals surface area contributed by atoms with Gasteiger partial charge < -0.3 is 29.5 Å². The van der Waals surface area contributed by atoms with Crippen molar-refractivity contribution in [3.63, 3.8) is 0 Å². The maximum atomic E-state index is 11.5. The van der Waals surface area contributed by atoms with Crippen LogP contribution in [0.15, 0.2) is 4.99 Å². The molecule has 8 nitrogen and oxygen atoms in total. The van der Waals surface area contributed by atoms with Gasteiger partial charge in [-0.25, -0.2) is 4.79 Å². The summed E-state index contributed by atoms with van der Waals surface area (Å²) in [7, 11) is 3.15. The summed E-state index contributed by atoms with van der Waals surface area (Å²) < 4.78 is 10.8. The number of hydrogen-bond acceptors (Lipinski definition) is 8. The second-order valence-corrected chi connectivity index (χ2v) is 6.92. The van der Waals surface area contributed by atoms with Crippen LogP contribution in [0, 0.1) is 0 Å². The molecule has 3 aliphatic heterocycles. The summed E-state index contributed by atoms with van der Waals surface area (Å²) in [4.78, 5) is 19.4. The molecule has 0 aromatic heterocycles. The Morgan fingerprint density at radius 2 is 2.18 bits per heavy atom. The second-order valence-electron chi connectivity index (χ2n) is 5.86. The highest BCUT2D eigenvalue weighted by Gasteiger charge is 2.49. The minimum absolute atomic E-state index is 0.0991. The van der Waals surface area contributed by atoms with Gasteiger partial charge in [0.2, 0.25) is 0 Å². The number of aliphatic hydroxyl groups excluding tert-OH is 2. The number of thioether (sulfide) groups is 1. The van der Waals surface area contributed by atoms with Crippen LogP contribution in [0.4, 0.5) is 4.79 Å². The standard InChI is InChI=1S/C13H21N3O5S/c1-15(2)13(19)20-6-7-9(17)10(18)8-11(21-7)22-12(14-8)16-4-3-5-16/h7-11,17-18H,3-6H2,1-2H3/t7-,8-,9+,10-,11-/m1/s1. The highest BCUT2D eigenvalue weighted by atomic mass is 32.2. The minimum atomic E-state index is -1.13. The summed E-state index contributed by atoms with van der Waals surface area (Å²) in [6, 6.07) is -0.476. The van der Waals surface area contributed by atoms with Crippen molar-refractivity contribution in [1.29, 1.82) is 0 Å². The molecule has 0 radical (unpaired) electrons. The number of nitrogens with zero attached hydrogens (tertiary/aromatic N) is 3. The second kappa shape index (κ2) is 6.23. The van der Waals surface area contributed by atoms with Gasteiger partial charge in [-0.3, -0.25) is 4.99 Å². The number of carbonyl (C=O) groups is 1. The molecule has 0 aromatic rings. The summed E-state index contributed by atoms with van der Waals surface area (Å²) in [6.45, 7) is 1.83. The fourth-order valence-corrected chi connectivity index (χ4v) is 3.78. The third-order valence-electron chi connectivity index (χ3n) is 4.01. The quantitative estimate of drug-likeness (QED) is 0.691. The number of amides is 1. The molecule has 0 saturated carbocycles. The highest BCUT2D eigenvalue weighted by molar-refractivity contribution is 8.14. The largest absolute Gasteiger partial charge is 0.447 e. The molecular weight excluding hydrogens is 310 g/mol. The third-order valence-corrected chi connectivity index (χ3v) is 5.21. The lowest BCUT2D eigenvalue weighted by Gasteiger charge is -2.38. The zero-order valence-electron chi connectivity index (χ0n) is 12.6. The maximum Gasteiger partial charge on any atom is 0.409 e. The van der Waals surface area contributed by atoms with Crippen LogP contribution in [0.2, 0.25) is 0 Å². The van der Waals surface area contributed by atoms with Crippen molar-refractivity contribution in [3.05, 3.63) is 0 Å². The number of aliphatic imine (C=N–C) groups is 1. The van der Waals surface area contributed by atoms with Gasteiger partial charge in [-0.2, -0.15) is 0 Å². The Balaban J connectivity index is 1.60. The van der Waals surface area contributed by atoms with Gasteiger partial charge in [-0.1, -0.05) is 11.8 Å². The average molecular weight is 331 g/mol. The molecule has 2 saturated heterocycles. The fourth-order valence-electron chi connectivity index (χ4n) is 2.50. The molecule has 2 N–H and O–H groups in total. The predicted octanol–water partition coefficient (Wildman–Crippen LogP) is -0.692. The number of amidine groups is 1. The van der Waals surface area contributed by atoms with Gasteiger partial charge in [-0.05, 0) is 6.42 Å². The first kappa shape index (κ1) is 15.9. The van der Waals surface area contributed by atoms with Crippen LogP contribution in [0.3, 0.4) is 0 Å². The Morgan fingerprint density at radius 3 is 2.77 bits per heavy atom. The first-order valence-corrected chi connectivity index (χ1v) is 8.20. The van der Waals surface area contributed by atoms with E-state index in [0.717, 1.165) is 24.7 Å². The van der Waals surface area contributed by atoms with Gasteiger partial charge in [0, 0.05) is 27.2 Å². The molecule has 2 fully saturated rings. The van der Waals surface area contributed by atoms with Gasteiger partial charge in [0.05, 0.1) is 0 Å². The lowest BCUT2D eigenvalue weighted by atomic mass is 9.99. The molecule has 0 bridgehead atoms. The maximum absolute atomic E-state index is 11.5. The Morgan fingerprint density at radius 1 is 1.45 bits per heavy atom. The number of aliphatic hydroxyl groups is 2. The smallest absolute Gasteiger partial charge is 0.409 e. The highest BCUT2D eigenvalue weighted by Crippen LogP contribution is 2.38. The van der Waals surface area contributed by atoms with Crippen LogP contribution in [-0.2, 0) is 9.47 Å². The lowest BCUT2D eigenvalue weighted by molar-refractivity contribution is -0.165. The molecule has 0 unspecified atom stereocenters. The van der Waals surface area contributed by atoms with Crippen molar-refractivity contribution in [2.24, 2.45) is 4.99 Å². The number of hydrogen-bond donors (Lipinski definition) is 2. The van der Waals surface area contributed by atoms with Gasteiger partial charge in [0.1, 0.15) is 36.4 Å². The predicted molar refractivity (Wildman–Crippen MR) is 80.7 cm³/mol. The zero-order chi connectivity index (χ0) is 15.9. The number of carbonyl (C=O) groups excluding carboxylic acids is 1. The van der Waals surface area contributed by atoms with Crippen LogP contribution in [0.25, 0.3) is 0 Å². The van der Waals surface area contributed by atoms with E-state index in [1.165, 1.54) is 16.7 Å². The topological polar surface area (TPSA) is 94.8 Å². The molecule has 3 heterocycles. The van der Waals surface area contributed by atoms with Crippen LogP contribution in [0.1, 0.15) is 6.42 Å². The average Bonchev–Trinajstić information content (AvgIpc) is 2.82. The summed E-state index contributed by atoms with van der Waals surface area (Å²) in [6.07, 6.45) is -2.27. The molecule has 3 aliphatic rings. The van der Waals surface area contributed by atoms with Crippen LogP contribution < -0.4 is 0 Å². The monoisotopic (exact) mass is 331 g/mol. The molecule has 22 heavy (non-hydrogen) atoms. The molecule has 3 rings (SSSR count). The zero-order valence-corrected chi connectivity index (χ0v) is 13.4. The first-order chi connectivity index (χ1) is 10.5. The van der Waals surface area contributed by atoms with Crippen molar-refractivity contribution in [2.75, 3.05) is 33.8 Å². The van der Waals surface area contributed by atoms with Crippen molar-refractivity contribution in [1.82, 2.24) is 9.80 Å². The van der Waals surface area contributed by atoms with E-state index in [1.807, 2.05) is 0 Å². The number of rotatable bonds is 2. The Bertz CT molecular complexity index is 471. The SMILES string of the molecule is CN(C)C(=O)OC[C@H]1O[C@@H]2SC(N3CCC3)=N[C@@H]2[C@@H](O)[C@H]1O. The summed E-state index contributed by atoms with van der Waals surface area (Å²) in [5.74, 6) is 0. The number of ether oxygens (including phenoxy) is 2. The van der Waals surface area contributed by atoms with E-state index in [2.05, 4.69) is 9.89 Å². The van der Waals surface area contributed by atoms with Crippen LogP contribution >= 0.6 is 11.8 Å². The van der Waals surface area contributed by atoms with E-state index in [1.54, 1.807) is 14.1 Å². The lowest BCUT2D eigenvalue weighted by Crippen LogP contribution is -2.56. The molecule has 5 atom stereocenters. The van der Waals surface area contributed by atoms with E-state index in [9.17, 15) is 15.0 Å². The summed E-state index contributed by atoms with van der Waals surface area (Å²) >= 11 is 1.46. The summed E-state index contributed by atoms with van der Waals surface area (Å²) in [5, 5.41) is 21.3.